The van der Waals surface area contributed by atoms with Gasteiger partial charge in [-0.2, -0.15) is 11.8 Å². The molecule has 0 radical (unpaired) electrons. The number of carbonyl (C=O) groups excluding carboxylic acids is 2. The first-order valence-electron chi connectivity index (χ1n) is 10.1. The van der Waals surface area contributed by atoms with E-state index in [9.17, 15) is 9.59 Å². The lowest BCUT2D eigenvalue weighted by Gasteiger charge is -2.37. The number of nitrogens with one attached hydrogen (secondary N) is 1. The number of nitrogens with zero attached hydrogens (tertiary/aromatic N) is 2. The van der Waals surface area contributed by atoms with Crippen molar-refractivity contribution in [1.29, 1.82) is 0 Å². The van der Waals surface area contributed by atoms with Crippen molar-refractivity contribution in [2.45, 2.75) is 12.5 Å². The third-order valence-electron chi connectivity index (χ3n) is 5.28. The van der Waals surface area contributed by atoms with Crippen molar-refractivity contribution in [2.24, 2.45) is 0 Å². The highest BCUT2D eigenvalue weighted by Gasteiger charge is 2.28. The number of ether oxygens (including phenoxy) is 1. The number of hydrogen-bond donors (Lipinski definition) is 1. The predicted molar refractivity (Wildman–Crippen MR) is 122 cm³/mol. The quantitative estimate of drug-likeness (QED) is 0.702. The fourth-order valence-corrected chi connectivity index (χ4v) is 3.99. The van der Waals surface area contributed by atoms with E-state index in [1.807, 2.05) is 53.6 Å². The number of rotatable bonds is 8. The number of hydrogen-bond acceptors (Lipinski definition) is 5. The van der Waals surface area contributed by atoms with E-state index >= 15 is 0 Å². The van der Waals surface area contributed by atoms with Crippen LogP contribution in [0.4, 0.5) is 5.69 Å². The zero-order valence-electron chi connectivity index (χ0n) is 17.5. The van der Waals surface area contributed by atoms with Crippen molar-refractivity contribution < 1.29 is 14.3 Å². The van der Waals surface area contributed by atoms with Crippen LogP contribution < -0.4 is 15.0 Å². The van der Waals surface area contributed by atoms with Gasteiger partial charge in [0.2, 0.25) is 5.91 Å². The van der Waals surface area contributed by atoms with Crippen LogP contribution in [0.2, 0.25) is 0 Å². The minimum atomic E-state index is -0.502. The SMILES string of the molecule is COc1ccc(N2CCN(C(=O)[C@@H](CCSC)NC(=O)c3ccccc3)CC2)cc1. The van der Waals surface area contributed by atoms with E-state index in [1.165, 1.54) is 0 Å². The van der Waals surface area contributed by atoms with Crippen molar-refractivity contribution in [3.8, 4) is 5.75 Å². The average molecular weight is 428 g/mol. The molecule has 6 nitrogen and oxygen atoms in total. The molecule has 2 aromatic carbocycles. The molecular weight excluding hydrogens is 398 g/mol. The van der Waals surface area contributed by atoms with Crippen LogP contribution in [-0.2, 0) is 4.79 Å². The number of amides is 2. The molecule has 0 spiro atoms. The Balaban J connectivity index is 1.60. The molecular formula is C23H29N3O3S. The number of carbonyl (C=O) groups is 2. The Morgan fingerprint density at radius 3 is 2.30 bits per heavy atom. The normalized spacial score (nSPS) is 14.9. The molecule has 2 aromatic rings. The van der Waals surface area contributed by atoms with Crippen LogP contribution in [0.3, 0.4) is 0 Å². The number of piperazine rings is 1. The Morgan fingerprint density at radius 2 is 1.70 bits per heavy atom. The van der Waals surface area contributed by atoms with Gasteiger partial charge in [0.15, 0.2) is 0 Å². The van der Waals surface area contributed by atoms with Crippen LogP contribution >= 0.6 is 11.8 Å². The molecule has 0 aliphatic carbocycles. The van der Waals surface area contributed by atoms with E-state index in [2.05, 4.69) is 10.2 Å². The van der Waals surface area contributed by atoms with Crippen molar-refractivity contribution in [3.63, 3.8) is 0 Å². The first-order chi connectivity index (χ1) is 14.6. The van der Waals surface area contributed by atoms with Crippen LogP contribution in [-0.4, -0.2) is 68.1 Å². The van der Waals surface area contributed by atoms with Crippen LogP contribution in [0.1, 0.15) is 16.8 Å². The molecule has 1 atom stereocenters. The van der Waals surface area contributed by atoms with E-state index in [0.717, 1.165) is 30.3 Å². The largest absolute Gasteiger partial charge is 0.497 e. The Hall–Kier alpha value is -2.67. The lowest BCUT2D eigenvalue weighted by molar-refractivity contribution is -0.133. The summed E-state index contributed by atoms with van der Waals surface area (Å²) in [6.07, 6.45) is 2.63. The average Bonchev–Trinajstić information content (AvgIpc) is 2.82. The van der Waals surface area contributed by atoms with E-state index in [-0.39, 0.29) is 11.8 Å². The molecule has 3 rings (SSSR count). The third-order valence-corrected chi connectivity index (χ3v) is 5.92. The number of methoxy groups -OCH3 is 1. The maximum atomic E-state index is 13.2. The summed E-state index contributed by atoms with van der Waals surface area (Å²) in [4.78, 5) is 29.9. The van der Waals surface area contributed by atoms with Gasteiger partial charge in [0.05, 0.1) is 7.11 Å². The Kier molecular flexibility index (Phi) is 8.02. The van der Waals surface area contributed by atoms with E-state index in [4.69, 9.17) is 4.74 Å². The first kappa shape index (κ1) is 22.0. The fourth-order valence-electron chi connectivity index (χ4n) is 3.52. The Morgan fingerprint density at radius 1 is 1.03 bits per heavy atom. The van der Waals surface area contributed by atoms with E-state index in [0.29, 0.717) is 25.1 Å². The van der Waals surface area contributed by atoms with Gasteiger partial charge < -0.3 is 19.9 Å². The standard InChI is InChI=1S/C23H29N3O3S/c1-29-20-10-8-19(9-11-20)25-13-15-26(16-14-25)23(28)21(12-17-30-2)24-22(27)18-6-4-3-5-7-18/h3-11,21H,12-17H2,1-2H3,(H,24,27)/t21-/m1/s1. The molecule has 160 valence electrons. The molecule has 1 fully saturated rings. The summed E-state index contributed by atoms with van der Waals surface area (Å²) >= 11 is 1.68. The highest BCUT2D eigenvalue weighted by molar-refractivity contribution is 7.98. The number of benzene rings is 2. The van der Waals surface area contributed by atoms with Gasteiger partial charge in [-0.1, -0.05) is 18.2 Å². The molecule has 1 aliphatic rings. The molecule has 0 bridgehead atoms. The van der Waals surface area contributed by atoms with E-state index < -0.39 is 6.04 Å². The smallest absolute Gasteiger partial charge is 0.251 e. The van der Waals surface area contributed by atoms with Crippen LogP contribution in [0.25, 0.3) is 0 Å². The number of anilines is 1. The summed E-state index contributed by atoms with van der Waals surface area (Å²) in [6, 6.07) is 16.5. The molecule has 30 heavy (non-hydrogen) atoms. The van der Waals surface area contributed by atoms with Crippen LogP contribution in [0, 0.1) is 0 Å². The molecule has 0 saturated carbocycles. The summed E-state index contributed by atoms with van der Waals surface area (Å²) in [5.74, 6) is 1.45. The number of thioether (sulfide) groups is 1. The Bertz CT molecular complexity index is 821. The van der Waals surface area contributed by atoms with Crippen molar-refractivity contribution in [2.75, 3.05) is 50.2 Å². The lowest BCUT2D eigenvalue weighted by Crippen LogP contribution is -2.55. The van der Waals surface area contributed by atoms with Gasteiger partial charge >= 0.3 is 0 Å². The second kappa shape index (κ2) is 10.9. The van der Waals surface area contributed by atoms with Gasteiger partial charge in [0, 0.05) is 37.4 Å². The molecule has 1 aliphatic heterocycles. The van der Waals surface area contributed by atoms with Gasteiger partial charge in [-0.05, 0) is 54.8 Å². The second-order valence-corrected chi connectivity index (χ2v) is 8.17. The predicted octanol–water partition coefficient (Wildman–Crippen LogP) is 2.90. The minimum absolute atomic E-state index is 0.00251. The van der Waals surface area contributed by atoms with Crippen molar-refractivity contribution in [3.05, 3.63) is 60.2 Å². The molecule has 2 amide bonds. The Labute approximate surface area is 182 Å². The van der Waals surface area contributed by atoms with Crippen molar-refractivity contribution >= 4 is 29.3 Å². The molecule has 0 aromatic heterocycles. The molecule has 1 saturated heterocycles. The maximum absolute atomic E-state index is 13.2. The topological polar surface area (TPSA) is 61.9 Å². The summed E-state index contributed by atoms with van der Waals surface area (Å²) in [5, 5.41) is 2.95. The summed E-state index contributed by atoms with van der Waals surface area (Å²) in [7, 11) is 1.66. The zero-order chi connectivity index (χ0) is 21.3. The monoisotopic (exact) mass is 427 g/mol. The van der Waals surface area contributed by atoms with Gasteiger partial charge in [0.25, 0.3) is 5.91 Å². The van der Waals surface area contributed by atoms with Crippen LogP contribution in [0.5, 0.6) is 5.75 Å². The molecule has 7 heteroatoms. The van der Waals surface area contributed by atoms with Gasteiger partial charge in [-0.15, -0.1) is 0 Å². The maximum Gasteiger partial charge on any atom is 0.251 e. The molecule has 1 heterocycles. The summed E-state index contributed by atoms with van der Waals surface area (Å²) < 4.78 is 5.22. The second-order valence-electron chi connectivity index (χ2n) is 7.18. The summed E-state index contributed by atoms with van der Waals surface area (Å²) in [5.41, 5.74) is 1.70. The van der Waals surface area contributed by atoms with Gasteiger partial charge in [-0.25, -0.2) is 0 Å². The van der Waals surface area contributed by atoms with Gasteiger partial charge in [-0.3, -0.25) is 9.59 Å². The van der Waals surface area contributed by atoms with E-state index in [1.54, 1.807) is 31.0 Å². The zero-order valence-corrected chi connectivity index (χ0v) is 18.4. The molecule has 1 N–H and O–H groups in total. The van der Waals surface area contributed by atoms with Crippen LogP contribution in [0.15, 0.2) is 54.6 Å². The first-order valence-corrected chi connectivity index (χ1v) is 11.5. The lowest BCUT2D eigenvalue weighted by atomic mass is 10.1. The minimum Gasteiger partial charge on any atom is -0.497 e. The van der Waals surface area contributed by atoms with Gasteiger partial charge in [0.1, 0.15) is 11.8 Å². The fraction of sp³-hybridized carbons (Fsp3) is 0.391. The highest BCUT2D eigenvalue weighted by atomic mass is 32.2. The van der Waals surface area contributed by atoms with Crippen molar-refractivity contribution in [1.82, 2.24) is 10.2 Å². The summed E-state index contributed by atoms with van der Waals surface area (Å²) in [6.45, 7) is 2.81. The highest BCUT2D eigenvalue weighted by Crippen LogP contribution is 2.21. The molecule has 0 unspecified atom stereocenters. The third kappa shape index (κ3) is 5.69.